The van der Waals surface area contributed by atoms with Crippen LogP contribution in [0.1, 0.15) is 51.3 Å². The number of rotatable bonds is 7. The zero-order valence-corrected chi connectivity index (χ0v) is 12.9. The lowest BCUT2D eigenvalue weighted by molar-refractivity contribution is 0.318. The fraction of sp³-hybridized carbons (Fsp3) is 0.600. The summed E-state index contributed by atoms with van der Waals surface area (Å²) < 4.78 is 0. The molecule has 1 aromatic rings. The molecule has 0 bridgehead atoms. The topological polar surface area (TPSA) is 74.7 Å². The molecule has 0 unspecified atom stereocenters. The first-order chi connectivity index (χ1) is 9.49. The van der Waals surface area contributed by atoms with Gasteiger partial charge < -0.3 is 15.8 Å². The van der Waals surface area contributed by atoms with Crippen LogP contribution in [-0.2, 0) is 0 Å². The van der Waals surface area contributed by atoms with Crippen LogP contribution in [0.15, 0.2) is 17.3 Å². The van der Waals surface area contributed by atoms with E-state index in [9.17, 15) is 0 Å². The van der Waals surface area contributed by atoms with Crippen molar-refractivity contribution in [2.24, 2.45) is 10.9 Å². The number of hydrogen-bond acceptors (Lipinski definition) is 4. The van der Waals surface area contributed by atoms with Gasteiger partial charge in [0.2, 0.25) is 0 Å². The Morgan fingerprint density at radius 1 is 1.40 bits per heavy atom. The number of nitrogens with two attached hydrogens (primary N) is 1. The Bertz CT molecular complexity index is 457. The minimum Gasteiger partial charge on any atom is -0.409 e. The lowest BCUT2D eigenvalue weighted by Crippen LogP contribution is -2.33. The van der Waals surface area contributed by atoms with Crippen LogP contribution in [0.2, 0.25) is 0 Å². The third kappa shape index (κ3) is 4.40. The SMILES string of the molecule is CCCCCN(c1cc(/C(N)=N/O)cc(C)n1)C(C)C. The molecule has 0 atom stereocenters. The van der Waals surface area contributed by atoms with E-state index < -0.39 is 0 Å². The lowest BCUT2D eigenvalue weighted by atomic mass is 10.1. The first kappa shape index (κ1) is 16.3. The Morgan fingerprint density at radius 2 is 2.10 bits per heavy atom. The van der Waals surface area contributed by atoms with Crippen molar-refractivity contribution in [2.75, 3.05) is 11.4 Å². The monoisotopic (exact) mass is 278 g/mol. The van der Waals surface area contributed by atoms with E-state index >= 15 is 0 Å². The molecule has 1 aromatic heterocycles. The molecule has 20 heavy (non-hydrogen) atoms. The Labute approximate surface area is 121 Å². The van der Waals surface area contributed by atoms with E-state index in [1.807, 2.05) is 19.1 Å². The summed E-state index contributed by atoms with van der Waals surface area (Å²) in [6.07, 6.45) is 3.55. The molecular weight excluding hydrogens is 252 g/mol. The van der Waals surface area contributed by atoms with Crippen molar-refractivity contribution in [1.29, 1.82) is 0 Å². The predicted molar refractivity (Wildman–Crippen MR) is 83.5 cm³/mol. The molecule has 0 amide bonds. The van der Waals surface area contributed by atoms with E-state index in [1.165, 1.54) is 12.8 Å². The van der Waals surface area contributed by atoms with E-state index in [0.29, 0.717) is 11.6 Å². The third-order valence-corrected chi connectivity index (χ3v) is 3.26. The van der Waals surface area contributed by atoms with Gasteiger partial charge in [0.1, 0.15) is 5.82 Å². The zero-order valence-electron chi connectivity index (χ0n) is 12.9. The molecule has 0 aliphatic heterocycles. The molecule has 5 heteroatoms. The molecular formula is C15H26N4O. The number of unbranched alkanes of at least 4 members (excludes halogenated alkanes) is 2. The normalized spacial score (nSPS) is 11.9. The third-order valence-electron chi connectivity index (χ3n) is 3.26. The largest absolute Gasteiger partial charge is 0.409 e. The van der Waals surface area contributed by atoms with Crippen molar-refractivity contribution >= 4 is 11.7 Å². The van der Waals surface area contributed by atoms with Gasteiger partial charge in [-0.15, -0.1) is 0 Å². The summed E-state index contributed by atoms with van der Waals surface area (Å²) in [7, 11) is 0. The number of hydrogen-bond donors (Lipinski definition) is 2. The van der Waals surface area contributed by atoms with Gasteiger partial charge in [0.15, 0.2) is 5.84 Å². The van der Waals surface area contributed by atoms with Gasteiger partial charge in [-0.2, -0.15) is 0 Å². The molecule has 0 saturated carbocycles. The molecule has 0 aliphatic carbocycles. The van der Waals surface area contributed by atoms with Crippen LogP contribution in [0.25, 0.3) is 0 Å². The predicted octanol–water partition coefficient (Wildman–Crippen LogP) is 2.89. The highest BCUT2D eigenvalue weighted by Crippen LogP contribution is 2.18. The molecule has 0 fully saturated rings. The maximum absolute atomic E-state index is 8.82. The van der Waals surface area contributed by atoms with Crippen molar-refractivity contribution in [1.82, 2.24) is 4.98 Å². The van der Waals surface area contributed by atoms with Crippen LogP contribution in [0.3, 0.4) is 0 Å². The molecule has 0 aromatic carbocycles. The number of aryl methyl sites for hydroxylation is 1. The zero-order chi connectivity index (χ0) is 15.1. The average molecular weight is 278 g/mol. The summed E-state index contributed by atoms with van der Waals surface area (Å²) in [6.45, 7) is 9.39. The summed E-state index contributed by atoms with van der Waals surface area (Å²) >= 11 is 0. The first-order valence-electron chi connectivity index (χ1n) is 7.22. The summed E-state index contributed by atoms with van der Waals surface area (Å²) in [5.74, 6) is 1.01. The number of pyridine rings is 1. The number of oxime groups is 1. The Hall–Kier alpha value is -1.78. The van der Waals surface area contributed by atoms with E-state index in [2.05, 4.69) is 35.8 Å². The van der Waals surface area contributed by atoms with Crippen molar-refractivity contribution in [2.45, 2.75) is 53.0 Å². The molecule has 0 aliphatic rings. The molecule has 1 rings (SSSR count). The first-order valence-corrected chi connectivity index (χ1v) is 7.22. The van der Waals surface area contributed by atoms with Crippen LogP contribution in [-0.4, -0.2) is 28.6 Å². The van der Waals surface area contributed by atoms with Gasteiger partial charge in [0.25, 0.3) is 0 Å². The standard InChI is InChI=1S/C15H26N4O/c1-5-6-7-8-19(11(2)3)14-10-13(15(16)18-20)9-12(4)17-14/h9-11,20H,5-8H2,1-4H3,(H2,16,18). The average Bonchev–Trinajstić information content (AvgIpc) is 2.41. The maximum Gasteiger partial charge on any atom is 0.170 e. The molecule has 112 valence electrons. The van der Waals surface area contributed by atoms with Gasteiger partial charge in [-0.25, -0.2) is 4.98 Å². The highest BCUT2D eigenvalue weighted by atomic mass is 16.4. The van der Waals surface area contributed by atoms with E-state index in [1.54, 1.807) is 0 Å². The number of anilines is 1. The van der Waals surface area contributed by atoms with Gasteiger partial charge in [0.05, 0.1) is 0 Å². The van der Waals surface area contributed by atoms with Crippen LogP contribution >= 0.6 is 0 Å². The van der Waals surface area contributed by atoms with E-state index in [0.717, 1.165) is 24.5 Å². The molecule has 1 heterocycles. The Balaban J connectivity index is 3.03. The van der Waals surface area contributed by atoms with Crippen LogP contribution in [0, 0.1) is 6.92 Å². The quantitative estimate of drug-likeness (QED) is 0.264. The van der Waals surface area contributed by atoms with Crippen molar-refractivity contribution in [3.8, 4) is 0 Å². The maximum atomic E-state index is 8.82. The smallest absolute Gasteiger partial charge is 0.170 e. The Kier molecular flexibility index (Phi) is 6.28. The second kappa shape index (κ2) is 7.72. The van der Waals surface area contributed by atoms with Crippen molar-refractivity contribution in [3.63, 3.8) is 0 Å². The second-order valence-corrected chi connectivity index (χ2v) is 5.33. The van der Waals surface area contributed by atoms with Gasteiger partial charge in [-0.05, 0) is 39.3 Å². The highest BCUT2D eigenvalue weighted by molar-refractivity contribution is 5.97. The fourth-order valence-electron chi connectivity index (χ4n) is 2.17. The summed E-state index contributed by atoms with van der Waals surface area (Å²) in [6, 6.07) is 4.07. The molecule has 5 nitrogen and oxygen atoms in total. The highest BCUT2D eigenvalue weighted by Gasteiger charge is 2.14. The van der Waals surface area contributed by atoms with E-state index in [4.69, 9.17) is 10.9 Å². The summed E-state index contributed by atoms with van der Waals surface area (Å²) in [4.78, 5) is 6.85. The summed E-state index contributed by atoms with van der Waals surface area (Å²) in [5.41, 5.74) is 7.25. The minimum absolute atomic E-state index is 0.119. The molecule has 0 saturated heterocycles. The minimum atomic E-state index is 0.119. The molecule has 0 radical (unpaired) electrons. The number of aromatic nitrogens is 1. The van der Waals surface area contributed by atoms with Crippen molar-refractivity contribution in [3.05, 3.63) is 23.4 Å². The van der Waals surface area contributed by atoms with Gasteiger partial charge >= 0.3 is 0 Å². The molecule has 3 N–H and O–H groups in total. The Morgan fingerprint density at radius 3 is 2.65 bits per heavy atom. The van der Waals surface area contributed by atoms with Crippen LogP contribution in [0.4, 0.5) is 5.82 Å². The van der Waals surface area contributed by atoms with Crippen LogP contribution in [0.5, 0.6) is 0 Å². The molecule has 0 spiro atoms. The van der Waals surface area contributed by atoms with E-state index in [-0.39, 0.29) is 5.84 Å². The fourth-order valence-corrected chi connectivity index (χ4v) is 2.17. The van der Waals surface area contributed by atoms with Gasteiger partial charge in [-0.1, -0.05) is 24.9 Å². The van der Waals surface area contributed by atoms with Gasteiger partial charge in [-0.3, -0.25) is 0 Å². The number of nitrogens with zero attached hydrogens (tertiary/aromatic N) is 3. The van der Waals surface area contributed by atoms with Crippen molar-refractivity contribution < 1.29 is 5.21 Å². The summed E-state index contributed by atoms with van der Waals surface area (Å²) in [5, 5.41) is 11.9. The van der Waals surface area contributed by atoms with Gasteiger partial charge in [0, 0.05) is 23.8 Å². The second-order valence-electron chi connectivity index (χ2n) is 5.33. The number of amidine groups is 1. The van der Waals surface area contributed by atoms with Crippen LogP contribution < -0.4 is 10.6 Å². The lowest BCUT2D eigenvalue weighted by Gasteiger charge is -2.28.